The van der Waals surface area contributed by atoms with Gasteiger partial charge in [-0.25, -0.2) is 9.97 Å². The van der Waals surface area contributed by atoms with Crippen LogP contribution in [-0.2, 0) is 4.74 Å². The third-order valence-electron chi connectivity index (χ3n) is 4.48. The smallest absolute Gasteiger partial charge is 0.227 e. The standard InChI is InChI=1S/C18H17N5OS/c1-2-5-12(6-3-1)15-9-14-16-20-11-21-23(16)18(22-17(14)25-15)19-10-13-7-4-8-24-13/h1-3,5-6,9,11,13H,4,7-8,10H2,(H,19,22). The number of benzene rings is 1. The van der Waals surface area contributed by atoms with Gasteiger partial charge in [0.15, 0.2) is 5.65 Å². The van der Waals surface area contributed by atoms with Crippen molar-refractivity contribution in [1.82, 2.24) is 19.6 Å². The van der Waals surface area contributed by atoms with Gasteiger partial charge in [-0.15, -0.1) is 11.3 Å². The van der Waals surface area contributed by atoms with Crippen LogP contribution >= 0.6 is 11.3 Å². The highest BCUT2D eigenvalue weighted by Gasteiger charge is 2.18. The summed E-state index contributed by atoms with van der Waals surface area (Å²) in [7, 11) is 0. The molecule has 0 bridgehead atoms. The number of rotatable bonds is 4. The van der Waals surface area contributed by atoms with E-state index < -0.39 is 0 Å². The zero-order valence-corrected chi connectivity index (χ0v) is 14.4. The lowest BCUT2D eigenvalue weighted by atomic mass is 10.2. The first-order chi connectivity index (χ1) is 12.4. The highest BCUT2D eigenvalue weighted by atomic mass is 32.1. The van der Waals surface area contributed by atoms with Gasteiger partial charge in [0, 0.05) is 18.0 Å². The van der Waals surface area contributed by atoms with Crippen LogP contribution in [0.3, 0.4) is 0 Å². The van der Waals surface area contributed by atoms with Crippen LogP contribution in [0.4, 0.5) is 5.95 Å². The van der Waals surface area contributed by atoms with E-state index in [1.165, 1.54) is 10.4 Å². The second-order valence-electron chi connectivity index (χ2n) is 6.14. The van der Waals surface area contributed by atoms with Gasteiger partial charge in [0.2, 0.25) is 5.95 Å². The molecule has 3 aromatic heterocycles. The quantitative estimate of drug-likeness (QED) is 0.609. The number of anilines is 1. The number of aromatic nitrogens is 4. The molecule has 5 rings (SSSR count). The van der Waals surface area contributed by atoms with Crippen LogP contribution in [0.15, 0.2) is 42.7 Å². The van der Waals surface area contributed by atoms with Crippen molar-refractivity contribution in [2.45, 2.75) is 18.9 Å². The molecule has 1 aromatic carbocycles. The minimum Gasteiger partial charge on any atom is -0.376 e. The summed E-state index contributed by atoms with van der Waals surface area (Å²) >= 11 is 1.68. The number of thiophene rings is 1. The number of nitrogens with zero attached hydrogens (tertiary/aromatic N) is 4. The molecule has 1 aliphatic heterocycles. The Morgan fingerprint density at radius 1 is 1.28 bits per heavy atom. The highest BCUT2D eigenvalue weighted by molar-refractivity contribution is 7.22. The summed E-state index contributed by atoms with van der Waals surface area (Å²) in [5, 5.41) is 8.76. The fraction of sp³-hybridized carbons (Fsp3) is 0.278. The molecule has 1 aliphatic rings. The van der Waals surface area contributed by atoms with Crippen LogP contribution in [0.1, 0.15) is 12.8 Å². The average Bonchev–Trinajstić information content (AvgIpc) is 3.39. The van der Waals surface area contributed by atoms with Crippen molar-refractivity contribution in [2.24, 2.45) is 0 Å². The van der Waals surface area contributed by atoms with Crippen LogP contribution in [-0.4, -0.2) is 38.8 Å². The summed E-state index contributed by atoms with van der Waals surface area (Å²) in [4.78, 5) is 11.4. The third-order valence-corrected chi connectivity index (χ3v) is 5.56. The molecular formula is C18H17N5OS. The molecule has 126 valence electrons. The number of nitrogens with one attached hydrogen (secondary N) is 1. The zero-order valence-electron chi connectivity index (χ0n) is 13.6. The van der Waals surface area contributed by atoms with Crippen molar-refractivity contribution < 1.29 is 4.74 Å². The van der Waals surface area contributed by atoms with Crippen molar-refractivity contribution in [3.63, 3.8) is 0 Å². The van der Waals surface area contributed by atoms with Gasteiger partial charge in [0.25, 0.3) is 0 Å². The van der Waals surface area contributed by atoms with E-state index >= 15 is 0 Å². The molecule has 1 N–H and O–H groups in total. The molecule has 6 nitrogen and oxygen atoms in total. The van der Waals surface area contributed by atoms with E-state index in [4.69, 9.17) is 9.72 Å². The van der Waals surface area contributed by atoms with Crippen LogP contribution in [0, 0.1) is 0 Å². The topological polar surface area (TPSA) is 64.3 Å². The summed E-state index contributed by atoms with van der Waals surface area (Å²) in [6, 6.07) is 12.5. The molecular weight excluding hydrogens is 334 g/mol. The molecule has 0 aliphatic carbocycles. The normalized spacial score (nSPS) is 17.5. The fourth-order valence-electron chi connectivity index (χ4n) is 3.22. The second-order valence-corrected chi connectivity index (χ2v) is 7.17. The summed E-state index contributed by atoms with van der Waals surface area (Å²) in [5.74, 6) is 0.719. The predicted molar refractivity (Wildman–Crippen MR) is 99.1 cm³/mol. The van der Waals surface area contributed by atoms with Gasteiger partial charge in [0.05, 0.1) is 11.5 Å². The Balaban J connectivity index is 1.57. The van der Waals surface area contributed by atoms with E-state index in [0.717, 1.165) is 47.8 Å². The lowest BCUT2D eigenvalue weighted by molar-refractivity contribution is 0.120. The Kier molecular flexibility index (Phi) is 3.61. The van der Waals surface area contributed by atoms with Gasteiger partial charge in [-0.3, -0.25) is 0 Å². The Bertz CT molecular complexity index is 1020. The van der Waals surface area contributed by atoms with Crippen molar-refractivity contribution in [1.29, 1.82) is 0 Å². The summed E-state index contributed by atoms with van der Waals surface area (Å²) < 4.78 is 7.46. The highest BCUT2D eigenvalue weighted by Crippen LogP contribution is 2.34. The van der Waals surface area contributed by atoms with Crippen molar-refractivity contribution in [3.05, 3.63) is 42.7 Å². The van der Waals surface area contributed by atoms with Gasteiger partial charge in [-0.05, 0) is 24.5 Å². The number of fused-ring (bicyclic) bond motifs is 3. The molecule has 4 aromatic rings. The van der Waals surface area contributed by atoms with Gasteiger partial charge in [-0.1, -0.05) is 30.3 Å². The van der Waals surface area contributed by atoms with Crippen LogP contribution in [0.2, 0.25) is 0 Å². The first-order valence-electron chi connectivity index (χ1n) is 8.43. The Morgan fingerprint density at radius 3 is 3.04 bits per heavy atom. The fourth-order valence-corrected chi connectivity index (χ4v) is 4.25. The van der Waals surface area contributed by atoms with Crippen LogP contribution in [0.25, 0.3) is 26.3 Å². The van der Waals surface area contributed by atoms with E-state index in [9.17, 15) is 0 Å². The summed E-state index contributed by atoms with van der Waals surface area (Å²) in [6.07, 6.45) is 4.04. The monoisotopic (exact) mass is 351 g/mol. The van der Waals surface area contributed by atoms with Crippen molar-refractivity contribution in [3.8, 4) is 10.4 Å². The van der Waals surface area contributed by atoms with Gasteiger partial charge >= 0.3 is 0 Å². The van der Waals surface area contributed by atoms with Crippen molar-refractivity contribution >= 4 is 33.1 Å². The number of ether oxygens (including phenoxy) is 1. The molecule has 1 saturated heterocycles. The maximum atomic E-state index is 5.68. The van der Waals surface area contributed by atoms with E-state index in [1.54, 1.807) is 22.2 Å². The largest absolute Gasteiger partial charge is 0.376 e. The maximum absolute atomic E-state index is 5.68. The Labute approximate surface area is 148 Å². The minimum atomic E-state index is 0.249. The minimum absolute atomic E-state index is 0.249. The van der Waals surface area contributed by atoms with Crippen LogP contribution < -0.4 is 5.32 Å². The van der Waals surface area contributed by atoms with Gasteiger partial charge in [0.1, 0.15) is 11.2 Å². The van der Waals surface area contributed by atoms with Gasteiger partial charge < -0.3 is 10.1 Å². The van der Waals surface area contributed by atoms with E-state index in [2.05, 4.69) is 33.6 Å². The zero-order chi connectivity index (χ0) is 16.6. The predicted octanol–water partition coefficient (Wildman–Crippen LogP) is 3.60. The SMILES string of the molecule is c1ccc(-c2cc3c(nc(NCC4CCCO4)n4ncnc34)s2)cc1. The molecule has 0 spiro atoms. The molecule has 1 fully saturated rings. The lowest BCUT2D eigenvalue weighted by Gasteiger charge is -2.11. The molecule has 1 atom stereocenters. The molecule has 25 heavy (non-hydrogen) atoms. The van der Waals surface area contributed by atoms with Crippen LogP contribution in [0.5, 0.6) is 0 Å². The molecule has 0 radical (unpaired) electrons. The Hall–Kier alpha value is -2.51. The molecule has 4 heterocycles. The molecule has 7 heteroatoms. The molecule has 0 amide bonds. The number of hydrogen-bond donors (Lipinski definition) is 1. The number of hydrogen-bond acceptors (Lipinski definition) is 6. The van der Waals surface area contributed by atoms with Gasteiger partial charge in [-0.2, -0.15) is 9.61 Å². The third kappa shape index (κ3) is 2.65. The first kappa shape index (κ1) is 14.8. The maximum Gasteiger partial charge on any atom is 0.227 e. The summed E-state index contributed by atoms with van der Waals surface area (Å²) in [5.41, 5.74) is 2.02. The second kappa shape index (κ2) is 6.09. The molecule has 0 saturated carbocycles. The summed E-state index contributed by atoms with van der Waals surface area (Å²) in [6.45, 7) is 1.59. The van der Waals surface area contributed by atoms with E-state index in [1.807, 2.05) is 18.2 Å². The lowest BCUT2D eigenvalue weighted by Crippen LogP contribution is -2.20. The van der Waals surface area contributed by atoms with Crippen molar-refractivity contribution in [2.75, 3.05) is 18.5 Å². The first-order valence-corrected chi connectivity index (χ1v) is 9.24. The van der Waals surface area contributed by atoms with E-state index in [-0.39, 0.29) is 6.10 Å². The Morgan fingerprint density at radius 2 is 2.20 bits per heavy atom. The average molecular weight is 351 g/mol. The van der Waals surface area contributed by atoms with E-state index in [0.29, 0.717) is 0 Å². The molecule has 1 unspecified atom stereocenters.